The maximum atomic E-state index is 12.5. The molecule has 1 saturated carbocycles. The van der Waals surface area contributed by atoms with Crippen molar-refractivity contribution >= 4 is 29.1 Å². The Morgan fingerprint density at radius 3 is 2.69 bits per heavy atom. The summed E-state index contributed by atoms with van der Waals surface area (Å²) in [6, 6.07) is 11.7. The van der Waals surface area contributed by atoms with Gasteiger partial charge in [0.2, 0.25) is 0 Å². The third-order valence-electron chi connectivity index (χ3n) is 5.13. The van der Waals surface area contributed by atoms with Crippen LogP contribution >= 0.6 is 23.4 Å². The average molecular weight is 388 g/mol. The summed E-state index contributed by atoms with van der Waals surface area (Å²) in [5, 5.41) is 0.773. The molecule has 0 amide bonds. The first-order valence-corrected chi connectivity index (χ1v) is 10.9. The van der Waals surface area contributed by atoms with Gasteiger partial charge in [0, 0.05) is 17.1 Å². The number of aryl methyl sites for hydroxylation is 1. The molecule has 138 valence electrons. The van der Waals surface area contributed by atoms with Gasteiger partial charge >= 0.3 is 0 Å². The summed E-state index contributed by atoms with van der Waals surface area (Å²) < 4.78 is 0. The highest BCUT2D eigenvalue weighted by Crippen LogP contribution is 2.32. The normalized spacial score (nSPS) is 15.2. The Labute approximate surface area is 165 Å². The summed E-state index contributed by atoms with van der Waals surface area (Å²) in [4.78, 5) is 18.2. The van der Waals surface area contributed by atoms with Gasteiger partial charge in [0.25, 0.3) is 0 Å². The molecule has 0 bridgehead atoms. The quantitative estimate of drug-likeness (QED) is 0.383. The Kier molecular flexibility index (Phi) is 7.15. The lowest BCUT2D eigenvalue weighted by Crippen LogP contribution is -2.10. The van der Waals surface area contributed by atoms with Gasteiger partial charge in [-0.1, -0.05) is 61.9 Å². The smallest absolute Gasteiger partial charge is 0.181 e. The molecule has 1 fully saturated rings. The summed E-state index contributed by atoms with van der Waals surface area (Å²) in [7, 11) is 0. The highest BCUT2D eigenvalue weighted by atomic mass is 35.5. The first kappa shape index (κ1) is 19.4. The Bertz CT molecular complexity index is 735. The Balaban J connectivity index is 1.58. The second kappa shape index (κ2) is 9.57. The number of thioether (sulfide) groups is 1. The van der Waals surface area contributed by atoms with E-state index in [4.69, 9.17) is 11.6 Å². The highest BCUT2D eigenvalue weighted by molar-refractivity contribution is 7.98. The predicted octanol–water partition coefficient (Wildman–Crippen LogP) is 6.88. The molecule has 2 aromatic rings. The van der Waals surface area contributed by atoms with Crippen molar-refractivity contribution < 1.29 is 4.79 Å². The summed E-state index contributed by atoms with van der Waals surface area (Å²) in [5.41, 5.74) is 2.70. The van der Waals surface area contributed by atoms with Gasteiger partial charge in [0.15, 0.2) is 5.78 Å². The van der Waals surface area contributed by atoms with Gasteiger partial charge < -0.3 is 0 Å². The van der Waals surface area contributed by atoms with Crippen molar-refractivity contribution in [1.82, 2.24) is 4.98 Å². The first-order chi connectivity index (χ1) is 12.6. The van der Waals surface area contributed by atoms with Crippen molar-refractivity contribution in [3.63, 3.8) is 0 Å². The zero-order valence-electron chi connectivity index (χ0n) is 15.3. The molecule has 1 aliphatic carbocycles. The van der Waals surface area contributed by atoms with Crippen molar-refractivity contribution in [3.05, 3.63) is 58.4 Å². The van der Waals surface area contributed by atoms with E-state index in [2.05, 4.69) is 18.0 Å². The topological polar surface area (TPSA) is 30.0 Å². The van der Waals surface area contributed by atoms with Crippen LogP contribution in [0.5, 0.6) is 0 Å². The van der Waals surface area contributed by atoms with Crippen LogP contribution in [-0.2, 0) is 5.75 Å². The zero-order chi connectivity index (χ0) is 18.4. The molecule has 0 spiro atoms. The van der Waals surface area contributed by atoms with Crippen LogP contribution < -0.4 is 0 Å². The lowest BCUT2D eigenvalue weighted by atomic mass is 9.85. The van der Waals surface area contributed by atoms with Crippen molar-refractivity contribution in [2.24, 2.45) is 5.92 Å². The predicted molar refractivity (Wildman–Crippen MR) is 110 cm³/mol. The maximum Gasteiger partial charge on any atom is 0.181 e. The van der Waals surface area contributed by atoms with Gasteiger partial charge in [0.05, 0.1) is 10.7 Å². The first-order valence-electron chi connectivity index (χ1n) is 9.50. The molecule has 1 aromatic heterocycles. The van der Waals surface area contributed by atoms with Gasteiger partial charge in [-0.15, -0.1) is 11.8 Å². The van der Waals surface area contributed by atoms with E-state index >= 15 is 0 Å². The van der Waals surface area contributed by atoms with Crippen LogP contribution in [0.15, 0.2) is 41.3 Å². The summed E-state index contributed by atoms with van der Waals surface area (Å²) in [6.07, 6.45) is 8.21. The van der Waals surface area contributed by atoms with E-state index in [0.717, 1.165) is 28.0 Å². The molecule has 0 unspecified atom stereocenters. The number of nitrogens with zero attached hydrogens (tertiary/aromatic N) is 1. The van der Waals surface area contributed by atoms with Crippen molar-refractivity contribution in [2.75, 3.05) is 0 Å². The SMILES string of the molecule is Cc1cccc(Cl)c1SCc1cccc(C(=O)CCC2CCCCC2)n1. The molecular formula is C22H26ClNOS. The minimum absolute atomic E-state index is 0.177. The molecule has 3 rings (SSSR count). The van der Waals surface area contributed by atoms with Crippen LogP contribution in [0, 0.1) is 12.8 Å². The monoisotopic (exact) mass is 387 g/mol. The number of pyridine rings is 1. The molecule has 0 N–H and O–H groups in total. The van der Waals surface area contributed by atoms with Crippen LogP contribution in [0.4, 0.5) is 0 Å². The maximum absolute atomic E-state index is 12.5. The highest BCUT2D eigenvalue weighted by Gasteiger charge is 2.16. The van der Waals surface area contributed by atoms with Gasteiger partial charge in [-0.25, -0.2) is 4.98 Å². The van der Waals surface area contributed by atoms with E-state index in [1.807, 2.05) is 30.3 Å². The zero-order valence-corrected chi connectivity index (χ0v) is 16.9. The van der Waals surface area contributed by atoms with E-state index in [0.29, 0.717) is 17.9 Å². The van der Waals surface area contributed by atoms with Gasteiger partial charge in [-0.05, 0) is 43.0 Å². The largest absolute Gasteiger partial charge is 0.292 e. The fourth-order valence-electron chi connectivity index (χ4n) is 3.60. The number of aromatic nitrogens is 1. The van der Waals surface area contributed by atoms with Gasteiger partial charge in [0.1, 0.15) is 5.69 Å². The summed E-state index contributed by atoms with van der Waals surface area (Å²) in [6.45, 7) is 2.06. The number of carbonyl (C=O) groups excluding carboxylic acids is 1. The van der Waals surface area contributed by atoms with E-state index in [9.17, 15) is 4.79 Å². The van der Waals surface area contributed by atoms with Crippen LogP contribution in [-0.4, -0.2) is 10.8 Å². The minimum Gasteiger partial charge on any atom is -0.292 e. The molecule has 0 aliphatic heterocycles. The Morgan fingerprint density at radius 2 is 1.92 bits per heavy atom. The molecule has 0 atom stereocenters. The number of rotatable bonds is 7. The van der Waals surface area contributed by atoms with Crippen LogP contribution in [0.25, 0.3) is 0 Å². The van der Waals surface area contributed by atoms with Crippen LogP contribution in [0.3, 0.4) is 0 Å². The van der Waals surface area contributed by atoms with Gasteiger partial charge in [-0.2, -0.15) is 0 Å². The lowest BCUT2D eigenvalue weighted by Gasteiger charge is -2.20. The number of Topliss-reactive ketones (excluding diaryl/α,β-unsaturated/α-hetero) is 1. The summed E-state index contributed by atoms with van der Waals surface area (Å²) >= 11 is 7.97. The second-order valence-corrected chi connectivity index (χ2v) is 8.55. The number of halogens is 1. The van der Waals surface area contributed by atoms with E-state index in [1.54, 1.807) is 11.8 Å². The summed E-state index contributed by atoms with van der Waals surface area (Å²) in [5.74, 6) is 1.62. The fraction of sp³-hybridized carbons (Fsp3) is 0.455. The molecule has 1 aromatic carbocycles. The van der Waals surface area contributed by atoms with Crippen molar-refractivity contribution in [1.29, 1.82) is 0 Å². The van der Waals surface area contributed by atoms with E-state index in [1.165, 1.54) is 37.7 Å². The number of ketones is 1. The Morgan fingerprint density at radius 1 is 1.15 bits per heavy atom. The fourth-order valence-corrected chi connectivity index (χ4v) is 4.94. The van der Waals surface area contributed by atoms with Crippen molar-refractivity contribution in [3.8, 4) is 0 Å². The standard InChI is InChI=1S/C22H26ClNOS/c1-16-7-5-11-19(23)22(16)26-15-18-10-6-12-20(24-18)21(25)14-13-17-8-3-2-4-9-17/h5-7,10-12,17H,2-4,8-9,13-15H2,1H3. The van der Waals surface area contributed by atoms with Crippen LogP contribution in [0.2, 0.25) is 5.02 Å². The lowest BCUT2D eigenvalue weighted by molar-refractivity contribution is 0.0965. The van der Waals surface area contributed by atoms with E-state index in [-0.39, 0.29) is 5.78 Å². The molecule has 1 aliphatic rings. The van der Waals surface area contributed by atoms with Crippen molar-refractivity contribution in [2.45, 2.75) is 62.5 Å². The molecule has 1 heterocycles. The number of hydrogen-bond donors (Lipinski definition) is 0. The van der Waals surface area contributed by atoms with Gasteiger partial charge in [-0.3, -0.25) is 4.79 Å². The molecule has 2 nitrogen and oxygen atoms in total. The molecular weight excluding hydrogens is 362 g/mol. The molecule has 0 saturated heterocycles. The number of benzene rings is 1. The molecule has 26 heavy (non-hydrogen) atoms. The Hall–Kier alpha value is -1.32. The minimum atomic E-state index is 0.177. The van der Waals surface area contributed by atoms with Crippen LogP contribution in [0.1, 0.15) is 66.7 Å². The third-order valence-corrected chi connectivity index (χ3v) is 6.82. The second-order valence-electron chi connectivity index (χ2n) is 7.15. The average Bonchev–Trinajstić information content (AvgIpc) is 2.67. The number of hydrogen-bond acceptors (Lipinski definition) is 3. The molecule has 4 heteroatoms. The molecule has 0 radical (unpaired) electrons. The number of carbonyl (C=O) groups is 1. The third kappa shape index (κ3) is 5.34. The van der Waals surface area contributed by atoms with E-state index < -0.39 is 0 Å².